The summed E-state index contributed by atoms with van der Waals surface area (Å²) in [5.74, 6) is -0.373. The minimum atomic E-state index is -0.521. The Labute approximate surface area is 69.4 Å². The van der Waals surface area contributed by atoms with Crippen LogP contribution in [-0.4, -0.2) is 11.3 Å². The first-order valence-electron chi connectivity index (χ1n) is 3.85. The van der Waals surface area contributed by atoms with Crippen LogP contribution >= 0.6 is 0 Å². The molecule has 2 rings (SSSR count). The number of aromatic nitrogens is 1. The van der Waals surface area contributed by atoms with Gasteiger partial charge in [-0.05, 0) is 18.9 Å². The molecule has 0 N–H and O–H groups in total. The van der Waals surface area contributed by atoms with Crippen molar-refractivity contribution in [1.29, 1.82) is 0 Å². The van der Waals surface area contributed by atoms with Crippen LogP contribution in [-0.2, 0) is 10.2 Å². The largest absolute Gasteiger partial charge is 0.302 e. The van der Waals surface area contributed by atoms with E-state index in [0.29, 0.717) is 5.56 Å². The smallest absolute Gasteiger partial charge is 0.145 e. The Hall–Kier alpha value is -1.25. The van der Waals surface area contributed by atoms with Gasteiger partial charge in [0.25, 0.3) is 0 Å². The predicted octanol–water partition coefficient (Wildman–Crippen LogP) is 1.45. The fraction of sp³-hybridized carbons (Fsp3) is 0.333. The van der Waals surface area contributed by atoms with Crippen LogP contribution < -0.4 is 0 Å². The highest BCUT2D eigenvalue weighted by Gasteiger charge is 2.45. The summed E-state index contributed by atoms with van der Waals surface area (Å²) in [6.45, 7) is 0. The summed E-state index contributed by atoms with van der Waals surface area (Å²) >= 11 is 0. The van der Waals surface area contributed by atoms with Crippen molar-refractivity contribution in [3.63, 3.8) is 0 Å². The third-order valence-corrected chi connectivity index (χ3v) is 2.32. The van der Waals surface area contributed by atoms with Gasteiger partial charge in [-0.3, -0.25) is 4.98 Å². The van der Waals surface area contributed by atoms with Crippen LogP contribution in [0.25, 0.3) is 0 Å². The van der Waals surface area contributed by atoms with Crippen LogP contribution in [0.2, 0.25) is 0 Å². The van der Waals surface area contributed by atoms with E-state index in [0.717, 1.165) is 25.3 Å². The van der Waals surface area contributed by atoms with Gasteiger partial charge in [-0.15, -0.1) is 0 Å². The third kappa shape index (κ3) is 0.932. The number of carbonyl (C=O) groups is 1. The Bertz CT molecular complexity index is 320. The first-order chi connectivity index (χ1) is 5.78. The second-order valence-corrected chi connectivity index (χ2v) is 3.13. The fourth-order valence-corrected chi connectivity index (χ4v) is 1.36. The molecule has 0 unspecified atom stereocenters. The number of nitrogens with zero attached hydrogens (tertiary/aromatic N) is 1. The molecule has 0 radical (unpaired) electrons. The topological polar surface area (TPSA) is 30.0 Å². The lowest BCUT2D eigenvalue weighted by Gasteiger charge is -2.06. The number of halogens is 1. The molecule has 1 fully saturated rings. The van der Waals surface area contributed by atoms with Gasteiger partial charge in [0.05, 0.1) is 11.6 Å². The van der Waals surface area contributed by atoms with Crippen molar-refractivity contribution in [2.24, 2.45) is 0 Å². The number of pyridine rings is 1. The number of carbonyl (C=O) groups excluding carboxylic acids is 1. The molecule has 0 bridgehead atoms. The highest BCUT2D eigenvalue weighted by atomic mass is 19.1. The highest BCUT2D eigenvalue weighted by molar-refractivity contribution is 5.72. The van der Waals surface area contributed by atoms with E-state index in [1.165, 1.54) is 6.20 Å². The average molecular weight is 165 g/mol. The molecule has 0 spiro atoms. The van der Waals surface area contributed by atoms with Gasteiger partial charge in [0, 0.05) is 11.8 Å². The van der Waals surface area contributed by atoms with Crippen LogP contribution in [0.4, 0.5) is 4.39 Å². The van der Waals surface area contributed by atoms with Crippen molar-refractivity contribution in [1.82, 2.24) is 4.98 Å². The minimum absolute atomic E-state index is 0.373. The van der Waals surface area contributed by atoms with E-state index in [1.807, 2.05) is 0 Å². The third-order valence-electron chi connectivity index (χ3n) is 2.32. The molecule has 3 heteroatoms. The van der Waals surface area contributed by atoms with Crippen LogP contribution in [0.15, 0.2) is 18.5 Å². The molecule has 2 nitrogen and oxygen atoms in total. The van der Waals surface area contributed by atoms with Crippen molar-refractivity contribution in [3.8, 4) is 0 Å². The van der Waals surface area contributed by atoms with Crippen molar-refractivity contribution >= 4 is 6.29 Å². The van der Waals surface area contributed by atoms with Gasteiger partial charge in [-0.2, -0.15) is 0 Å². The van der Waals surface area contributed by atoms with E-state index in [4.69, 9.17) is 0 Å². The van der Waals surface area contributed by atoms with E-state index in [1.54, 1.807) is 6.07 Å². The maximum atomic E-state index is 13.1. The van der Waals surface area contributed by atoms with Crippen LogP contribution in [0.3, 0.4) is 0 Å². The molecular formula is C9H8FNO. The molecule has 0 saturated heterocycles. The molecule has 1 aromatic heterocycles. The molecule has 1 aliphatic carbocycles. The number of hydrogen-bond acceptors (Lipinski definition) is 2. The van der Waals surface area contributed by atoms with Gasteiger partial charge in [0.2, 0.25) is 0 Å². The first kappa shape index (κ1) is 7.40. The summed E-state index contributed by atoms with van der Waals surface area (Å²) in [6.07, 6.45) is 5.03. The van der Waals surface area contributed by atoms with E-state index in [2.05, 4.69) is 4.98 Å². The summed E-state index contributed by atoms with van der Waals surface area (Å²) in [4.78, 5) is 14.3. The molecule has 1 aromatic rings. The molecule has 12 heavy (non-hydrogen) atoms. The minimum Gasteiger partial charge on any atom is -0.302 e. The zero-order valence-electron chi connectivity index (χ0n) is 6.46. The SMILES string of the molecule is O=CC1(c2ccncc2F)CC1. The zero-order valence-corrected chi connectivity index (χ0v) is 6.46. The highest BCUT2D eigenvalue weighted by Crippen LogP contribution is 2.46. The zero-order chi connectivity index (χ0) is 8.60. The lowest BCUT2D eigenvalue weighted by molar-refractivity contribution is -0.109. The molecule has 0 atom stereocenters. The molecule has 1 heterocycles. The maximum absolute atomic E-state index is 13.1. The summed E-state index contributed by atoms with van der Waals surface area (Å²) < 4.78 is 13.1. The lowest BCUT2D eigenvalue weighted by atomic mass is 9.99. The van der Waals surface area contributed by atoms with Gasteiger partial charge >= 0.3 is 0 Å². The first-order valence-corrected chi connectivity index (χ1v) is 3.85. The molecule has 0 amide bonds. The monoisotopic (exact) mass is 165 g/mol. The summed E-state index contributed by atoms with van der Waals surface area (Å²) in [5, 5.41) is 0. The predicted molar refractivity (Wildman–Crippen MR) is 41.2 cm³/mol. The van der Waals surface area contributed by atoms with E-state index < -0.39 is 5.41 Å². The Morgan fingerprint density at radius 2 is 2.33 bits per heavy atom. The van der Waals surface area contributed by atoms with E-state index >= 15 is 0 Å². The van der Waals surface area contributed by atoms with Gasteiger partial charge in [0.15, 0.2) is 0 Å². The quantitative estimate of drug-likeness (QED) is 0.621. The van der Waals surface area contributed by atoms with E-state index in [9.17, 15) is 9.18 Å². The van der Waals surface area contributed by atoms with Gasteiger partial charge in [-0.1, -0.05) is 0 Å². The van der Waals surface area contributed by atoms with Gasteiger partial charge < -0.3 is 4.79 Å². The Morgan fingerprint density at radius 1 is 1.58 bits per heavy atom. The number of aldehydes is 1. The molecule has 1 saturated carbocycles. The molecular weight excluding hydrogens is 157 g/mol. The number of hydrogen-bond donors (Lipinski definition) is 0. The average Bonchev–Trinajstić information content (AvgIpc) is 2.86. The van der Waals surface area contributed by atoms with Crippen molar-refractivity contribution in [2.75, 3.05) is 0 Å². The Morgan fingerprint density at radius 3 is 2.83 bits per heavy atom. The Balaban J connectivity index is 2.46. The summed E-state index contributed by atoms with van der Waals surface area (Å²) in [7, 11) is 0. The van der Waals surface area contributed by atoms with Crippen LogP contribution in [0.1, 0.15) is 18.4 Å². The molecule has 62 valence electrons. The number of rotatable bonds is 2. The second kappa shape index (κ2) is 2.37. The lowest BCUT2D eigenvalue weighted by Crippen LogP contribution is -2.10. The summed E-state index contributed by atoms with van der Waals surface area (Å²) in [6, 6.07) is 1.58. The standard InChI is InChI=1S/C9H8FNO/c10-8-5-11-4-1-7(8)9(6-12)2-3-9/h1,4-6H,2-3H2. The Kier molecular flexibility index (Phi) is 1.46. The van der Waals surface area contributed by atoms with Crippen molar-refractivity contribution < 1.29 is 9.18 Å². The van der Waals surface area contributed by atoms with Crippen molar-refractivity contribution in [2.45, 2.75) is 18.3 Å². The summed E-state index contributed by atoms with van der Waals surface area (Å²) in [5.41, 5.74) is -0.0278. The molecule has 0 aromatic carbocycles. The van der Waals surface area contributed by atoms with Crippen molar-refractivity contribution in [3.05, 3.63) is 29.8 Å². The van der Waals surface area contributed by atoms with Crippen LogP contribution in [0.5, 0.6) is 0 Å². The van der Waals surface area contributed by atoms with Crippen LogP contribution in [0, 0.1) is 5.82 Å². The maximum Gasteiger partial charge on any atom is 0.145 e. The van der Waals surface area contributed by atoms with Gasteiger partial charge in [0.1, 0.15) is 12.1 Å². The van der Waals surface area contributed by atoms with E-state index in [-0.39, 0.29) is 5.82 Å². The molecule has 1 aliphatic rings. The fourth-order valence-electron chi connectivity index (χ4n) is 1.36. The van der Waals surface area contributed by atoms with Gasteiger partial charge in [-0.25, -0.2) is 4.39 Å². The second-order valence-electron chi connectivity index (χ2n) is 3.13. The normalized spacial score (nSPS) is 18.8. The molecule has 0 aliphatic heterocycles.